The number of hydrogen-bond donors (Lipinski definition) is 1. The van der Waals surface area contributed by atoms with E-state index in [9.17, 15) is 0 Å². The van der Waals surface area contributed by atoms with Gasteiger partial charge in [-0.05, 0) is 61.6 Å². The summed E-state index contributed by atoms with van der Waals surface area (Å²) in [5.74, 6) is 2.57. The lowest BCUT2D eigenvalue weighted by atomic mass is 9.93. The van der Waals surface area contributed by atoms with Crippen molar-refractivity contribution in [3.05, 3.63) is 36.4 Å². The number of anilines is 2. The molecular formula is C18H24N2. The summed E-state index contributed by atoms with van der Waals surface area (Å²) in [5, 5.41) is 3.67. The van der Waals surface area contributed by atoms with E-state index < -0.39 is 0 Å². The van der Waals surface area contributed by atoms with Gasteiger partial charge in [-0.3, -0.25) is 0 Å². The summed E-state index contributed by atoms with van der Waals surface area (Å²) >= 11 is 0. The van der Waals surface area contributed by atoms with Crippen molar-refractivity contribution in [2.45, 2.75) is 25.7 Å². The summed E-state index contributed by atoms with van der Waals surface area (Å²) < 4.78 is 0. The van der Waals surface area contributed by atoms with Gasteiger partial charge in [0.2, 0.25) is 0 Å². The van der Waals surface area contributed by atoms with Crippen LogP contribution in [0.15, 0.2) is 36.4 Å². The van der Waals surface area contributed by atoms with Crippen LogP contribution < -0.4 is 10.2 Å². The molecule has 0 spiro atoms. The number of allylic oxidation sites excluding steroid dienone is 2. The first-order chi connectivity index (χ1) is 9.88. The second-order valence-corrected chi connectivity index (χ2v) is 6.67. The highest BCUT2D eigenvalue weighted by Crippen LogP contribution is 2.43. The van der Waals surface area contributed by atoms with Crippen molar-refractivity contribution in [3.63, 3.8) is 0 Å². The monoisotopic (exact) mass is 268 g/mol. The average Bonchev–Trinajstić information content (AvgIpc) is 3.22. The number of benzene rings is 1. The minimum atomic E-state index is 0.842. The Kier molecular flexibility index (Phi) is 3.17. The largest absolute Gasteiger partial charge is 0.385 e. The molecule has 106 valence electrons. The molecule has 1 saturated carbocycles. The molecule has 2 nitrogen and oxygen atoms in total. The van der Waals surface area contributed by atoms with Crippen LogP contribution in [0, 0.1) is 17.8 Å². The summed E-state index contributed by atoms with van der Waals surface area (Å²) in [5.41, 5.74) is 2.68. The zero-order chi connectivity index (χ0) is 13.4. The SMILES string of the molecule is C1=CC2CC1CC2CNc1cccc(N2CCCC2)c1. The highest BCUT2D eigenvalue weighted by Gasteiger charge is 2.35. The van der Waals surface area contributed by atoms with Gasteiger partial charge in [-0.1, -0.05) is 18.2 Å². The number of nitrogens with zero attached hydrogens (tertiary/aromatic N) is 1. The Labute approximate surface area is 121 Å². The minimum absolute atomic E-state index is 0.842. The molecule has 1 heterocycles. The van der Waals surface area contributed by atoms with Gasteiger partial charge in [-0.2, -0.15) is 0 Å². The predicted molar refractivity (Wildman–Crippen MR) is 85.2 cm³/mol. The summed E-state index contributed by atoms with van der Waals surface area (Å²) in [4.78, 5) is 2.51. The molecule has 4 rings (SSSR count). The fraction of sp³-hybridized carbons (Fsp3) is 0.556. The molecule has 3 atom stereocenters. The molecule has 20 heavy (non-hydrogen) atoms. The van der Waals surface area contributed by atoms with E-state index in [0.717, 1.165) is 24.3 Å². The minimum Gasteiger partial charge on any atom is -0.385 e. The van der Waals surface area contributed by atoms with Crippen molar-refractivity contribution in [1.29, 1.82) is 0 Å². The van der Waals surface area contributed by atoms with Crippen LogP contribution in [0.2, 0.25) is 0 Å². The molecule has 1 N–H and O–H groups in total. The molecule has 2 aliphatic carbocycles. The molecule has 1 saturated heterocycles. The van der Waals surface area contributed by atoms with E-state index in [4.69, 9.17) is 0 Å². The molecule has 2 fully saturated rings. The lowest BCUT2D eigenvalue weighted by Gasteiger charge is -2.21. The maximum absolute atomic E-state index is 3.67. The van der Waals surface area contributed by atoms with E-state index in [1.807, 2.05) is 0 Å². The zero-order valence-electron chi connectivity index (χ0n) is 12.1. The highest BCUT2D eigenvalue weighted by atomic mass is 15.1. The van der Waals surface area contributed by atoms with Crippen LogP contribution in [-0.2, 0) is 0 Å². The molecule has 0 amide bonds. The van der Waals surface area contributed by atoms with Gasteiger partial charge in [0, 0.05) is 31.0 Å². The van der Waals surface area contributed by atoms with Crippen LogP contribution in [0.1, 0.15) is 25.7 Å². The topological polar surface area (TPSA) is 15.3 Å². The fourth-order valence-electron chi connectivity index (χ4n) is 4.17. The maximum atomic E-state index is 3.67. The van der Waals surface area contributed by atoms with Gasteiger partial charge in [-0.25, -0.2) is 0 Å². The van der Waals surface area contributed by atoms with E-state index in [2.05, 4.69) is 46.6 Å². The number of nitrogens with one attached hydrogen (secondary N) is 1. The number of rotatable bonds is 4. The highest BCUT2D eigenvalue weighted by molar-refractivity contribution is 5.58. The zero-order valence-corrected chi connectivity index (χ0v) is 12.1. The van der Waals surface area contributed by atoms with E-state index >= 15 is 0 Å². The van der Waals surface area contributed by atoms with Gasteiger partial charge in [0.1, 0.15) is 0 Å². The first kappa shape index (κ1) is 12.3. The van der Waals surface area contributed by atoms with Gasteiger partial charge >= 0.3 is 0 Å². The number of fused-ring (bicyclic) bond motifs is 2. The molecule has 2 heteroatoms. The Hall–Kier alpha value is -1.44. The van der Waals surface area contributed by atoms with Crippen molar-refractivity contribution in [3.8, 4) is 0 Å². The maximum Gasteiger partial charge on any atom is 0.0386 e. The third-order valence-corrected chi connectivity index (χ3v) is 5.30. The Bertz CT molecular complexity index is 502. The second kappa shape index (κ2) is 5.16. The fourth-order valence-corrected chi connectivity index (χ4v) is 4.17. The molecule has 1 aromatic rings. The summed E-state index contributed by atoms with van der Waals surface area (Å²) in [6.45, 7) is 3.58. The third-order valence-electron chi connectivity index (χ3n) is 5.30. The molecule has 2 bridgehead atoms. The van der Waals surface area contributed by atoms with Crippen LogP contribution >= 0.6 is 0 Å². The first-order valence-electron chi connectivity index (χ1n) is 8.16. The first-order valence-corrected chi connectivity index (χ1v) is 8.16. The average molecular weight is 268 g/mol. The van der Waals surface area contributed by atoms with Crippen molar-refractivity contribution in [2.24, 2.45) is 17.8 Å². The summed E-state index contributed by atoms with van der Waals surface area (Å²) in [7, 11) is 0. The Morgan fingerprint density at radius 1 is 1.10 bits per heavy atom. The van der Waals surface area contributed by atoms with Crippen LogP contribution in [-0.4, -0.2) is 19.6 Å². The van der Waals surface area contributed by atoms with E-state index in [1.54, 1.807) is 0 Å². The van der Waals surface area contributed by atoms with E-state index in [-0.39, 0.29) is 0 Å². The smallest absolute Gasteiger partial charge is 0.0386 e. The normalized spacial score (nSPS) is 31.2. The molecule has 1 aromatic carbocycles. The number of hydrogen-bond acceptors (Lipinski definition) is 2. The van der Waals surface area contributed by atoms with Crippen LogP contribution in [0.5, 0.6) is 0 Å². The van der Waals surface area contributed by atoms with Gasteiger partial charge in [-0.15, -0.1) is 0 Å². The van der Waals surface area contributed by atoms with E-state index in [1.165, 1.54) is 50.1 Å². The van der Waals surface area contributed by atoms with Gasteiger partial charge in [0.25, 0.3) is 0 Å². The third kappa shape index (κ3) is 2.32. The summed E-state index contributed by atoms with van der Waals surface area (Å²) in [6, 6.07) is 8.98. The van der Waals surface area contributed by atoms with Crippen LogP contribution in [0.4, 0.5) is 11.4 Å². The second-order valence-electron chi connectivity index (χ2n) is 6.67. The Morgan fingerprint density at radius 3 is 2.75 bits per heavy atom. The summed E-state index contributed by atoms with van der Waals surface area (Å²) in [6.07, 6.45) is 10.3. The van der Waals surface area contributed by atoms with Crippen LogP contribution in [0.25, 0.3) is 0 Å². The Morgan fingerprint density at radius 2 is 2.00 bits per heavy atom. The lowest BCUT2D eigenvalue weighted by Crippen LogP contribution is -2.19. The van der Waals surface area contributed by atoms with Gasteiger partial charge in [0.05, 0.1) is 0 Å². The van der Waals surface area contributed by atoms with E-state index in [0.29, 0.717) is 0 Å². The molecule has 0 aromatic heterocycles. The molecule has 3 unspecified atom stereocenters. The Balaban J connectivity index is 1.39. The van der Waals surface area contributed by atoms with Crippen molar-refractivity contribution < 1.29 is 0 Å². The molecule has 1 aliphatic heterocycles. The van der Waals surface area contributed by atoms with Gasteiger partial charge in [0.15, 0.2) is 0 Å². The van der Waals surface area contributed by atoms with Crippen molar-refractivity contribution in [1.82, 2.24) is 0 Å². The van der Waals surface area contributed by atoms with Gasteiger partial charge < -0.3 is 10.2 Å². The predicted octanol–water partition coefficient (Wildman–Crippen LogP) is 3.91. The lowest BCUT2D eigenvalue weighted by molar-refractivity contribution is 0.472. The van der Waals surface area contributed by atoms with Crippen LogP contribution in [0.3, 0.4) is 0 Å². The van der Waals surface area contributed by atoms with Crippen molar-refractivity contribution >= 4 is 11.4 Å². The quantitative estimate of drug-likeness (QED) is 0.833. The molecule has 0 radical (unpaired) electrons. The van der Waals surface area contributed by atoms with Crippen molar-refractivity contribution in [2.75, 3.05) is 29.9 Å². The molecular weight excluding hydrogens is 244 g/mol. The molecule has 3 aliphatic rings. The standard InChI is InChI=1S/C18H24N2/c1-2-9-20(8-1)18-5-3-4-17(12-18)19-13-16-11-14-6-7-15(16)10-14/h3-7,12,14-16,19H,1-2,8-11,13H2.